The van der Waals surface area contributed by atoms with Crippen molar-refractivity contribution in [2.24, 2.45) is 0 Å². The highest BCUT2D eigenvalue weighted by Gasteiger charge is 2.33. The summed E-state index contributed by atoms with van der Waals surface area (Å²) in [6.07, 6.45) is -4.63. The lowest BCUT2D eigenvalue weighted by Gasteiger charge is -2.12. The number of anilines is 2. The van der Waals surface area contributed by atoms with Gasteiger partial charge < -0.3 is 10.4 Å². The number of aromatic nitrogens is 2. The molecule has 2 aromatic carbocycles. The van der Waals surface area contributed by atoms with Crippen LogP contribution in [0, 0.1) is 6.92 Å². The molecule has 0 unspecified atom stereocenters. The molecule has 0 fully saturated rings. The van der Waals surface area contributed by atoms with Gasteiger partial charge in [-0.1, -0.05) is 23.8 Å². The Morgan fingerprint density at radius 2 is 1.74 bits per heavy atom. The van der Waals surface area contributed by atoms with Crippen molar-refractivity contribution in [3.8, 4) is 11.3 Å². The lowest BCUT2D eigenvalue weighted by atomic mass is 10.1. The van der Waals surface area contributed by atoms with E-state index in [4.69, 9.17) is 5.11 Å². The maximum Gasteiger partial charge on any atom is 0.433 e. The minimum Gasteiger partial charge on any atom is -0.478 e. The molecular formula is C19H14F3N3O2. The maximum absolute atomic E-state index is 13.2. The van der Waals surface area contributed by atoms with E-state index in [0.717, 1.165) is 11.6 Å². The average Bonchev–Trinajstić information content (AvgIpc) is 2.61. The molecule has 1 aromatic heterocycles. The Morgan fingerprint density at radius 1 is 1.04 bits per heavy atom. The third-order valence-electron chi connectivity index (χ3n) is 3.72. The van der Waals surface area contributed by atoms with Crippen LogP contribution < -0.4 is 5.32 Å². The van der Waals surface area contributed by atoms with Crippen LogP contribution in [0.4, 0.5) is 24.8 Å². The van der Waals surface area contributed by atoms with E-state index in [9.17, 15) is 18.0 Å². The summed E-state index contributed by atoms with van der Waals surface area (Å²) in [5.74, 6) is -1.33. The van der Waals surface area contributed by atoms with E-state index in [1.54, 1.807) is 18.2 Å². The first-order valence-corrected chi connectivity index (χ1v) is 7.86. The fourth-order valence-corrected chi connectivity index (χ4v) is 2.43. The van der Waals surface area contributed by atoms with Crippen molar-refractivity contribution in [3.63, 3.8) is 0 Å². The fraction of sp³-hybridized carbons (Fsp3) is 0.105. The highest BCUT2D eigenvalue weighted by atomic mass is 19.4. The monoisotopic (exact) mass is 373 g/mol. The first kappa shape index (κ1) is 18.4. The molecule has 2 N–H and O–H groups in total. The lowest BCUT2D eigenvalue weighted by molar-refractivity contribution is -0.141. The quantitative estimate of drug-likeness (QED) is 0.679. The molecule has 3 aromatic rings. The van der Waals surface area contributed by atoms with Gasteiger partial charge in [-0.3, -0.25) is 0 Å². The summed E-state index contributed by atoms with van der Waals surface area (Å²) in [6.45, 7) is 1.83. The number of hydrogen-bond donors (Lipinski definition) is 2. The molecule has 0 atom stereocenters. The molecule has 5 nitrogen and oxygen atoms in total. The number of benzene rings is 2. The molecule has 0 radical (unpaired) electrons. The van der Waals surface area contributed by atoms with Crippen LogP contribution in [0.2, 0.25) is 0 Å². The number of aromatic carboxylic acids is 1. The van der Waals surface area contributed by atoms with Gasteiger partial charge in [0.05, 0.1) is 11.3 Å². The number of nitrogens with one attached hydrogen (secondary N) is 1. The normalized spacial score (nSPS) is 11.3. The molecule has 0 bridgehead atoms. The van der Waals surface area contributed by atoms with Crippen molar-refractivity contribution in [1.29, 1.82) is 0 Å². The SMILES string of the molecule is Cc1cccc(-c2cc(C(F)(F)F)nc(Nc3ccc(C(=O)O)cc3)n2)c1. The van der Waals surface area contributed by atoms with Gasteiger partial charge in [0.15, 0.2) is 5.69 Å². The molecule has 0 saturated heterocycles. The molecular weight excluding hydrogens is 359 g/mol. The number of carboxylic acids is 1. The number of carbonyl (C=O) groups is 1. The number of carboxylic acid groups (broad SMARTS) is 1. The Balaban J connectivity index is 2.01. The smallest absolute Gasteiger partial charge is 0.433 e. The Bertz CT molecular complexity index is 986. The van der Waals surface area contributed by atoms with E-state index in [1.807, 2.05) is 13.0 Å². The zero-order chi connectivity index (χ0) is 19.6. The number of aryl methyl sites for hydroxylation is 1. The Morgan fingerprint density at radius 3 is 2.33 bits per heavy atom. The molecule has 0 aliphatic rings. The Labute approximate surface area is 152 Å². The maximum atomic E-state index is 13.2. The molecule has 0 spiro atoms. The van der Waals surface area contributed by atoms with Gasteiger partial charge in [0.25, 0.3) is 0 Å². The summed E-state index contributed by atoms with van der Waals surface area (Å²) < 4.78 is 39.7. The van der Waals surface area contributed by atoms with Gasteiger partial charge in [0.1, 0.15) is 0 Å². The summed E-state index contributed by atoms with van der Waals surface area (Å²) in [5, 5.41) is 11.6. The molecule has 3 rings (SSSR count). The van der Waals surface area contributed by atoms with E-state index in [1.165, 1.54) is 24.3 Å². The van der Waals surface area contributed by atoms with Crippen LogP contribution in [0.1, 0.15) is 21.6 Å². The van der Waals surface area contributed by atoms with Crippen LogP contribution >= 0.6 is 0 Å². The summed E-state index contributed by atoms with van der Waals surface area (Å²) >= 11 is 0. The highest BCUT2D eigenvalue weighted by Crippen LogP contribution is 2.31. The first-order valence-electron chi connectivity index (χ1n) is 7.86. The minimum atomic E-state index is -4.63. The van der Waals surface area contributed by atoms with Crippen LogP contribution in [0.5, 0.6) is 0 Å². The van der Waals surface area contributed by atoms with Gasteiger partial charge >= 0.3 is 12.1 Å². The predicted octanol–water partition coefficient (Wildman–Crippen LogP) is 4.91. The van der Waals surface area contributed by atoms with Gasteiger partial charge in [-0.05, 0) is 43.3 Å². The average molecular weight is 373 g/mol. The molecule has 0 aliphatic carbocycles. The summed E-state index contributed by atoms with van der Waals surface area (Å²) in [4.78, 5) is 18.6. The van der Waals surface area contributed by atoms with Gasteiger partial charge in [-0.25, -0.2) is 14.8 Å². The second-order valence-electron chi connectivity index (χ2n) is 5.84. The number of hydrogen-bond acceptors (Lipinski definition) is 4. The molecule has 27 heavy (non-hydrogen) atoms. The van der Waals surface area contributed by atoms with Crippen LogP contribution in [0.15, 0.2) is 54.6 Å². The van der Waals surface area contributed by atoms with E-state index in [0.29, 0.717) is 11.3 Å². The molecule has 1 heterocycles. The lowest BCUT2D eigenvalue weighted by Crippen LogP contribution is -2.11. The fourth-order valence-electron chi connectivity index (χ4n) is 2.43. The molecule has 0 amide bonds. The van der Waals surface area contributed by atoms with Crippen LogP contribution in [-0.2, 0) is 6.18 Å². The Kier molecular flexibility index (Phi) is 4.81. The topological polar surface area (TPSA) is 75.1 Å². The first-order chi connectivity index (χ1) is 12.7. The van der Waals surface area contributed by atoms with Gasteiger partial charge in [0, 0.05) is 11.3 Å². The van der Waals surface area contributed by atoms with Gasteiger partial charge in [-0.2, -0.15) is 13.2 Å². The van der Waals surface area contributed by atoms with Crippen LogP contribution in [0.25, 0.3) is 11.3 Å². The second kappa shape index (κ2) is 7.06. The summed E-state index contributed by atoms with van der Waals surface area (Å²) in [7, 11) is 0. The van der Waals surface area contributed by atoms with E-state index in [2.05, 4.69) is 15.3 Å². The van der Waals surface area contributed by atoms with Crippen molar-refractivity contribution < 1.29 is 23.1 Å². The van der Waals surface area contributed by atoms with Crippen molar-refractivity contribution in [2.45, 2.75) is 13.1 Å². The predicted molar refractivity (Wildman–Crippen MR) is 93.9 cm³/mol. The number of rotatable bonds is 4. The van der Waals surface area contributed by atoms with Crippen molar-refractivity contribution in [2.75, 3.05) is 5.32 Å². The van der Waals surface area contributed by atoms with Crippen molar-refractivity contribution in [3.05, 3.63) is 71.4 Å². The van der Waals surface area contributed by atoms with E-state index in [-0.39, 0.29) is 17.2 Å². The number of nitrogens with zero attached hydrogens (tertiary/aromatic N) is 2. The van der Waals surface area contributed by atoms with Gasteiger partial charge in [0.2, 0.25) is 5.95 Å². The Hall–Kier alpha value is -3.42. The second-order valence-corrected chi connectivity index (χ2v) is 5.84. The standard InChI is InChI=1S/C19H14F3N3O2/c1-11-3-2-4-13(9-11)15-10-16(19(20,21)22)25-18(24-15)23-14-7-5-12(6-8-14)17(26)27/h2-10H,1H3,(H,26,27)(H,23,24,25). The minimum absolute atomic E-state index is 0.0611. The van der Waals surface area contributed by atoms with Crippen LogP contribution in [-0.4, -0.2) is 21.0 Å². The van der Waals surface area contributed by atoms with Gasteiger partial charge in [-0.15, -0.1) is 0 Å². The zero-order valence-corrected chi connectivity index (χ0v) is 14.1. The van der Waals surface area contributed by atoms with E-state index < -0.39 is 17.8 Å². The molecule has 8 heteroatoms. The summed E-state index contributed by atoms with van der Waals surface area (Å²) in [6, 6.07) is 13.4. The molecule has 0 aliphatic heterocycles. The molecule has 0 saturated carbocycles. The third kappa shape index (κ3) is 4.41. The molecule has 138 valence electrons. The van der Waals surface area contributed by atoms with Crippen molar-refractivity contribution in [1.82, 2.24) is 9.97 Å². The summed E-state index contributed by atoms with van der Waals surface area (Å²) in [5.41, 5.74) is 0.912. The third-order valence-corrected chi connectivity index (χ3v) is 3.72. The number of alkyl halides is 3. The largest absolute Gasteiger partial charge is 0.478 e. The van der Waals surface area contributed by atoms with E-state index >= 15 is 0 Å². The van der Waals surface area contributed by atoms with Crippen molar-refractivity contribution >= 4 is 17.6 Å². The number of halogens is 3. The zero-order valence-electron chi connectivity index (χ0n) is 14.1. The highest BCUT2D eigenvalue weighted by molar-refractivity contribution is 5.88. The van der Waals surface area contributed by atoms with Crippen LogP contribution in [0.3, 0.4) is 0 Å².